The molecule has 122 valence electrons. The van der Waals surface area contributed by atoms with Crippen molar-refractivity contribution in [1.82, 2.24) is 0 Å². The number of nitro groups is 2. The molecule has 2 rings (SSSR count). The highest BCUT2D eigenvalue weighted by Gasteiger charge is 2.15. The van der Waals surface area contributed by atoms with Gasteiger partial charge in [-0.25, -0.2) is 0 Å². The zero-order valence-corrected chi connectivity index (χ0v) is 12.8. The van der Waals surface area contributed by atoms with E-state index >= 15 is 0 Å². The predicted octanol–water partition coefficient (Wildman–Crippen LogP) is 3.81. The Balaban J connectivity index is 2.10. The topological polar surface area (TPSA) is 115 Å². The molecule has 8 nitrogen and oxygen atoms in total. The van der Waals surface area contributed by atoms with Crippen LogP contribution in [0.25, 0.3) is 6.08 Å². The second-order valence-electron chi connectivity index (χ2n) is 4.59. The van der Waals surface area contributed by atoms with E-state index in [-0.39, 0.29) is 22.1 Å². The third kappa shape index (κ3) is 4.37. The average molecular weight is 348 g/mol. The van der Waals surface area contributed by atoms with Gasteiger partial charge in [0.25, 0.3) is 11.4 Å². The van der Waals surface area contributed by atoms with E-state index in [1.165, 1.54) is 48.6 Å². The van der Waals surface area contributed by atoms with E-state index in [4.69, 9.17) is 11.6 Å². The lowest BCUT2D eigenvalue weighted by molar-refractivity contribution is -0.384. The van der Waals surface area contributed by atoms with Crippen LogP contribution in [0.1, 0.15) is 5.56 Å². The zero-order valence-electron chi connectivity index (χ0n) is 12.0. The minimum atomic E-state index is -0.651. The van der Waals surface area contributed by atoms with Gasteiger partial charge in [0.15, 0.2) is 0 Å². The minimum absolute atomic E-state index is 0.0164. The van der Waals surface area contributed by atoms with Crippen molar-refractivity contribution in [3.63, 3.8) is 0 Å². The number of nitrogens with zero attached hydrogens (tertiary/aromatic N) is 2. The highest BCUT2D eigenvalue weighted by molar-refractivity contribution is 6.31. The molecule has 0 saturated carbocycles. The minimum Gasteiger partial charge on any atom is -0.317 e. The van der Waals surface area contributed by atoms with Crippen LogP contribution in [0.3, 0.4) is 0 Å². The van der Waals surface area contributed by atoms with E-state index in [2.05, 4.69) is 5.32 Å². The molecule has 0 spiro atoms. The number of nitro benzene ring substituents is 2. The molecule has 1 amide bonds. The van der Waals surface area contributed by atoms with Crippen molar-refractivity contribution in [3.05, 3.63) is 79.4 Å². The Morgan fingerprint density at radius 1 is 1.04 bits per heavy atom. The number of nitrogens with one attached hydrogen (secondary N) is 1. The van der Waals surface area contributed by atoms with Gasteiger partial charge in [0.05, 0.1) is 9.85 Å². The second-order valence-corrected chi connectivity index (χ2v) is 5.03. The maximum atomic E-state index is 11.9. The molecule has 2 aromatic rings. The van der Waals surface area contributed by atoms with Gasteiger partial charge in [-0.15, -0.1) is 0 Å². The Morgan fingerprint density at radius 3 is 2.29 bits per heavy atom. The highest BCUT2D eigenvalue weighted by Crippen LogP contribution is 2.27. The summed E-state index contributed by atoms with van der Waals surface area (Å²) in [5.74, 6) is -0.584. The first-order valence-corrected chi connectivity index (χ1v) is 6.92. The van der Waals surface area contributed by atoms with E-state index in [0.717, 1.165) is 6.07 Å². The van der Waals surface area contributed by atoms with E-state index in [0.29, 0.717) is 5.56 Å². The first-order chi connectivity index (χ1) is 11.4. The summed E-state index contributed by atoms with van der Waals surface area (Å²) in [4.78, 5) is 32.2. The number of hydrogen-bond donors (Lipinski definition) is 1. The Hall–Kier alpha value is -3.26. The molecular weight excluding hydrogens is 338 g/mol. The smallest absolute Gasteiger partial charge is 0.294 e. The van der Waals surface area contributed by atoms with Crippen molar-refractivity contribution in [2.45, 2.75) is 0 Å². The maximum Gasteiger partial charge on any atom is 0.294 e. The van der Waals surface area contributed by atoms with Crippen molar-refractivity contribution >= 4 is 40.6 Å². The molecule has 1 N–H and O–H groups in total. The molecule has 24 heavy (non-hydrogen) atoms. The normalized spacial score (nSPS) is 10.5. The molecule has 0 aliphatic heterocycles. The second kappa shape index (κ2) is 7.34. The van der Waals surface area contributed by atoms with Crippen molar-refractivity contribution in [2.75, 3.05) is 5.32 Å². The lowest BCUT2D eigenvalue weighted by Gasteiger charge is -2.03. The summed E-state index contributed by atoms with van der Waals surface area (Å²) in [5, 5.41) is 24.1. The molecule has 0 heterocycles. The van der Waals surface area contributed by atoms with Crippen LogP contribution in [-0.2, 0) is 4.79 Å². The number of rotatable bonds is 5. The van der Waals surface area contributed by atoms with Crippen molar-refractivity contribution < 1.29 is 14.6 Å². The third-order valence-corrected chi connectivity index (χ3v) is 3.18. The van der Waals surface area contributed by atoms with E-state index in [1.54, 1.807) is 0 Å². The summed E-state index contributed by atoms with van der Waals surface area (Å²) in [5.41, 5.74) is 0.206. The van der Waals surface area contributed by atoms with Crippen molar-refractivity contribution in [3.8, 4) is 0 Å². The largest absolute Gasteiger partial charge is 0.317 e. The van der Waals surface area contributed by atoms with E-state index in [9.17, 15) is 25.0 Å². The molecule has 0 fully saturated rings. The zero-order chi connectivity index (χ0) is 17.7. The molecule has 2 aromatic carbocycles. The van der Waals surface area contributed by atoms with Crippen LogP contribution in [0, 0.1) is 20.2 Å². The molecule has 0 radical (unpaired) electrons. The SMILES string of the molecule is O=C(/C=C/c1ccc([N+](=O)[O-])cc1)Nc1ccc(Cl)cc1[N+](=O)[O-]. The monoisotopic (exact) mass is 347 g/mol. The Kier molecular flexibility index (Phi) is 5.23. The van der Waals surface area contributed by atoms with Gasteiger partial charge in [-0.05, 0) is 35.9 Å². The quantitative estimate of drug-likeness (QED) is 0.501. The third-order valence-electron chi connectivity index (χ3n) is 2.95. The summed E-state index contributed by atoms with van der Waals surface area (Å²) < 4.78 is 0. The number of carbonyl (C=O) groups is 1. The van der Waals surface area contributed by atoms with Gasteiger partial charge in [-0.1, -0.05) is 11.6 Å². The molecule has 0 atom stereocenters. The molecule has 0 aromatic heterocycles. The Labute approximate surface area is 140 Å². The number of benzene rings is 2. The van der Waals surface area contributed by atoms with Gasteiger partial charge in [-0.3, -0.25) is 25.0 Å². The molecule has 0 aliphatic carbocycles. The van der Waals surface area contributed by atoms with Gasteiger partial charge in [0.2, 0.25) is 5.91 Å². The van der Waals surface area contributed by atoms with Crippen LogP contribution in [0.5, 0.6) is 0 Å². The van der Waals surface area contributed by atoms with Crippen molar-refractivity contribution in [1.29, 1.82) is 0 Å². The van der Waals surface area contributed by atoms with Gasteiger partial charge in [-0.2, -0.15) is 0 Å². The summed E-state index contributed by atoms with van der Waals surface area (Å²) in [7, 11) is 0. The highest BCUT2D eigenvalue weighted by atomic mass is 35.5. The number of halogens is 1. The lowest BCUT2D eigenvalue weighted by Crippen LogP contribution is -2.09. The lowest BCUT2D eigenvalue weighted by atomic mass is 10.2. The predicted molar refractivity (Wildman–Crippen MR) is 88.9 cm³/mol. The number of hydrogen-bond acceptors (Lipinski definition) is 5. The van der Waals surface area contributed by atoms with Gasteiger partial charge >= 0.3 is 0 Å². The molecule has 0 unspecified atom stereocenters. The van der Waals surface area contributed by atoms with Crippen LogP contribution >= 0.6 is 11.6 Å². The molecular formula is C15H10ClN3O5. The molecule has 0 aliphatic rings. The fourth-order valence-corrected chi connectivity index (χ4v) is 1.98. The summed E-state index contributed by atoms with van der Waals surface area (Å²) in [6.07, 6.45) is 2.60. The number of non-ortho nitro benzene ring substituents is 1. The van der Waals surface area contributed by atoms with Crippen molar-refractivity contribution in [2.24, 2.45) is 0 Å². The molecule has 9 heteroatoms. The van der Waals surface area contributed by atoms with Crippen LogP contribution in [0.2, 0.25) is 5.02 Å². The van der Waals surface area contributed by atoms with Gasteiger partial charge < -0.3 is 5.32 Å². The number of anilines is 1. The fourth-order valence-electron chi connectivity index (χ4n) is 1.82. The first kappa shape index (κ1) is 17.1. The fraction of sp³-hybridized carbons (Fsp3) is 0. The van der Waals surface area contributed by atoms with Gasteiger partial charge in [0, 0.05) is 29.3 Å². The van der Waals surface area contributed by atoms with Gasteiger partial charge in [0.1, 0.15) is 5.69 Å². The average Bonchev–Trinajstić information content (AvgIpc) is 2.54. The Morgan fingerprint density at radius 2 is 1.71 bits per heavy atom. The molecule has 0 bridgehead atoms. The van der Waals surface area contributed by atoms with E-state index in [1.807, 2.05) is 0 Å². The van der Waals surface area contributed by atoms with Crippen LogP contribution in [0.15, 0.2) is 48.5 Å². The Bertz CT molecular complexity index is 834. The first-order valence-electron chi connectivity index (χ1n) is 6.54. The van der Waals surface area contributed by atoms with E-state index < -0.39 is 15.8 Å². The molecule has 0 saturated heterocycles. The number of carbonyl (C=O) groups excluding carboxylic acids is 1. The summed E-state index contributed by atoms with van der Waals surface area (Å²) in [6.45, 7) is 0. The van der Waals surface area contributed by atoms with Crippen LogP contribution in [-0.4, -0.2) is 15.8 Å². The number of amides is 1. The summed E-state index contributed by atoms with van der Waals surface area (Å²) in [6, 6.07) is 9.46. The van der Waals surface area contributed by atoms with Crippen LogP contribution in [0.4, 0.5) is 17.1 Å². The summed E-state index contributed by atoms with van der Waals surface area (Å²) >= 11 is 5.69. The standard InChI is InChI=1S/C15H10ClN3O5/c16-11-4-7-13(14(9-11)19(23)24)17-15(20)8-3-10-1-5-12(6-2-10)18(21)22/h1-9H,(H,17,20)/b8-3+. The van der Waals surface area contributed by atoms with Crippen LogP contribution < -0.4 is 5.32 Å². The maximum absolute atomic E-state index is 11.9.